The van der Waals surface area contributed by atoms with Crippen molar-refractivity contribution in [2.24, 2.45) is 5.73 Å². The molecule has 3 nitrogen and oxygen atoms in total. The zero-order valence-corrected chi connectivity index (χ0v) is 13.4. The van der Waals surface area contributed by atoms with Crippen LogP contribution >= 0.6 is 23.4 Å². The Morgan fingerprint density at radius 2 is 1.86 bits per heavy atom. The number of amides is 1. The molecule has 0 radical (unpaired) electrons. The lowest BCUT2D eigenvalue weighted by molar-refractivity contribution is -0.117. The summed E-state index contributed by atoms with van der Waals surface area (Å²) in [5, 5.41) is 0.620. The van der Waals surface area contributed by atoms with Gasteiger partial charge in [0, 0.05) is 27.8 Å². The summed E-state index contributed by atoms with van der Waals surface area (Å²) in [5.41, 5.74) is 7.25. The van der Waals surface area contributed by atoms with Gasteiger partial charge in [-0.1, -0.05) is 35.5 Å². The molecule has 110 valence electrons. The van der Waals surface area contributed by atoms with E-state index in [2.05, 4.69) is 0 Å². The van der Waals surface area contributed by atoms with Crippen LogP contribution in [0.25, 0.3) is 0 Å². The van der Waals surface area contributed by atoms with Crippen LogP contribution in [0.2, 0.25) is 5.02 Å². The van der Waals surface area contributed by atoms with Crippen molar-refractivity contribution in [2.75, 3.05) is 11.4 Å². The standard InChI is InChI=1S/C15H13ClN2OS.ClH/c16-10-5-6-14-12(9-10)18(15(19)7-8-17)11-3-1-2-4-13(11)20-14;/h1-6,9H,7-8,17H2;1H/p-1. The molecule has 0 fully saturated rings. The fraction of sp³-hybridized carbons (Fsp3) is 0.133. The van der Waals surface area contributed by atoms with Crippen LogP contribution in [-0.2, 0) is 4.79 Å². The Morgan fingerprint density at radius 3 is 2.62 bits per heavy atom. The first-order valence-electron chi connectivity index (χ1n) is 6.30. The molecular formula is C15H13Cl2N2OS-. The maximum Gasteiger partial charge on any atom is 0.232 e. The van der Waals surface area contributed by atoms with E-state index in [0.29, 0.717) is 18.0 Å². The zero-order valence-electron chi connectivity index (χ0n) is 11.1. The molecule has 2 aromatic rings. The van der Waals surface area contributed by atoms with Crippen molar-refractivity contribution >= 4 is 40.6 Å². The van der Waals surface area contributed by atoms with Gasteiger partial charge in [-0.3, -0.25) is 9.69 Å². The molecule has 0 aliphatic carbocycles. The lowest BCUT2D eigenvalue weighted by Gasteiger charge is -2.31. The minimum Gasteiger partial charge on any atom is -1.00 e. The van der Waals surface area contributed by atoms with Gasteiger partial charge in [-0.25, -0.2) is 0 Å². The summed E-state index contributed by atoms with van der Waals surface area (Å²) >= 11 is 7.73. The van der Waals surface area contributed by atoms with Crippen LogP contribution in [0.5, 0.6) is 0 Å². The number of rotatable bonds is 2. The Bertz CT molecular complexity index is 678. The third-order valence-corrected chi connectivity index (χ3v) is 4.46. The number of nitrogens with zero attached hydrogens (tertiary/aromatic N) is 1. The molecule has 0 aromatic heterocycles. The predicted molar refractivity (Wildman–Crippen MR) is 82.8 cm³/mol. The average Bonchev–Trinajstić information content (AvgIpc) is 2.45. The van der Waals surface area contributed by atoms with Crippen LogP contribution in [0.1, 0.15) is 6.42 Å². The highest BCUT2D eigenvalue weighted by Gasteiger charge is 2.27. The fourth-order valence-electron chi connectivity index (χ4n) is 2.23. The second-order valence-corrected chi connectivity index (χ2v) is 5.97. The van der Waals surface area contributed by atoms with Crippen LogP contribution in [0.3, 0.4) is 0 Å². The molecule has 2 N–H and O–H groups in total. The average molecular weight is 340 g/mol. The molecule has 21 heavy (non-hydrogen) atoms. The second kappa shape index (κ2) is 6.71. The maximum absolute atomic E-state index is 12.4. The Hall–Kier alpha value is -1.20. The van der Waals surface area contributed by atoms with Gasteiger partial charge in [-0.15, -0.1) is 0 Å². The number of fused-ring (bicyclic) bond motifs is 2. The summed E-state index contributed by atoms with van der Waals surface area (Å²) in [6.07, 6.45) is 0.310. The smallest absolute Gasteiger partial charge is 0.232 e. The first kappa shape index (κ1) is 16.2. The van der Waals surface area contributed by atoms with E-state index in [-0.39, 0.29) is 18.3 Å². The molecule has 0 spiro atoms. The van der Waals surface area contributed by atoms with E-state index in [4.69, 9.17) is 17.3 Å². The number of hydrogen-bond acceptors (Lipinski definition) is 3. The molecule has 1 aliphatic rings. The molecule has 0 unspecified atom stereocenters. The first-order chi connectivity index (χ1) is 9.70. The van der Waals surface area contributed by atoms with Crippen LogP contribution in [0.15, 0.2) is 52.3 Å². The van der Waals surface area contributed by atoms with E-state index in [1.165, 1.54) is 0 Å². The number of carbonyl (C=O) groups excluding carboxylic acids is 1. The van der Waals surface area contributed by atoms with Crippen LogP contribution in [0, 0.1) is 0 Å². The molecule has 1 amide bonds. The zero-order chi connectivity index (χ0) is 14.1. The lowest BCUT2D eigenvalue weighted by atomic mass is 10.2. The van der Waals surface area contributed by atoms with Gasteiger partial charge in [0.1, 0.15) is 0 Å². The van der Waals surface area contributed by atoms with E-state index >= 15 is 0 Å². The van der Waals surface area contributed by atoms with Gasteiger partial charge < -0.3 is 18.1 Å². The molecule has 0 saturated carbocycles. The summed E-state index contributed by atoms with van der Waals surface area (Å²) in [5.74, 6) is -0.0104. The molecule has 3 rings (SSSR count). The molecule has 0 bridgehead atoms. The SMILES string of the molecule is NCCC(=O)N1c2ccccc2Sc2ccc(Cl)cc21.[Cl-]. The third kappa shape index (κ3) is 3.04. The summed E-state index contributed by atoms with van der Waals surface area (Å²) in [4.78, 5) is 16.2. The quantitative estimate of drug-likeness (QED) is 0.881. The van der Waals surface area contributed by atoms with Crippen LogP contribution in [-0.4, -0.2) is 12.5 Å². The van der Waals surface area contributed by atoms with Crippen molar-refractivity contribution in [1.82, 2.24) is 0 Å². The van der Waals surface area contributed by atoms with E-state index in [9.17, 15) is 4.79 Å². The highest BCUT2D eigenvalue weighted by Crippen LogP contribution is 2.48. The highest BCUT2D eigenvalue weighted by atomic mass is 35.5. The van der Waals surface area contributed by atoms with E-state index in [0.717, 1.165) is 21.2 Å². The number of para-hydroxylation sites is 1. The second-order valence-electron chi connectivity index (χ2n) is 4.45. The van der Waals surface area contributed by atoms with E-state index in [1.54, 1.807) is 16.7 Å². The van der Waals surface area contributed by atoms with E-state index < -0.39 is 0 Å². The molecular weight excluding hydrogens is 327 g/mol. The van der Waals surface area contributed by atoms with Gasteiger partial charge >= 0.3 is 0 Å². The Morgan fingerprint density at radius 1 is 1.14 bits per heavy atom. The van der Waals surface area contributed by atoms with Crippen LogP contribution < -0.4 is 23.0 Å². The van der Waals surface area contributed by atoms with E-state index in [1.807, 2.05) is 42.5 Å². The number of nitrogens with two attached hydrogens (primary N) is 1. The molecule has 2 aromatic carbocycles. The van der Waals surface area contributed by atoms with Crippen molar-refractivity contribution < 1.29 is 17.2 Å². The molecule has 1 aliphatic heterocycles. The van der Waals surface area contributed by atoms with Gasteiger partial charge in [0.05, 0.1) is 11.4 Å². The maximum atomic E-state index is 12.4. The fourth-order valence-corrected chi connectivity index (χ4v) is 3.44. The lowest BCUT2D eigenvalue weighted by Crippen LogP contribution is -3.00. The monoisotopic (exact) mass is 339 g/mol. The highest BCUT2D eigenvalue weighted by molar-refractivity contribution is 7.99. The number of anilines is 2. The summed E-state index contributed by atoms with van der Waals surface area (Å²) < 4.78 is 0. The minimum atomic E-state index is -0.0104. The van der Waals surface area contributed by atoms with Gasteiger partial charge in [0.2, 0.25) is 5.91 Å². The van der Waals surface area contributed by atoms with Crippen molar-refractivity contribution in [3.05, 3.63) is 47.5 Å². The van der Waals surface area contributed by atoms with Crippen molar-refractivity contribution in [2.45, 2.75) is 16.2 Å². The van der Waals surface area contributed by atoms with Gasteiger partial charge in [0.15, 0.2) is 0 Å². The third-order valence-electron chi connectivity index (χ3n) is 3.10. The van der Waals surface area contributed by atoms with Crippen molar-refractivity contribution in [3.63, 3.8) is 0 Å². The van der Waals surface area contributed by atoms with Gasteiger partial charge in [-0.05, 0) is 30.3 Å². The Kier molecular flexibility index (Phi) is 5.17. The number of halogens is 2. The number of carbonyl (C=O) groups is 1. The summed E-state index contributed by atoms with van der Waals surface area (Å²) in [6.45, 7) is 0.334. The Balaban J connectivity index is 0.00000161. The van der Waals surface area contributed by atoms with Gasteiger partial charge in [0.25, 0.3) is 0 Å². The largest absolute Gasteiger partial charge is 1.00 e. The first-order valence-corrected chi connectivity index (χ1v) is 7.49. The van der Waals surface area contributed by atoms with Crippen molar-refractivity contribution in [3.8, 4) is 0 Å². The minimum absolute atomic E-state index is 0. The molecule has 6 heteroatoms. The molecule has 0 atom stereocenters. The number of benzene rings is 2. The van der Waals surface area contributed by atoms with Gasteiger partial charge in [-0.2, -0.15) is 0 Å². The summed E-state index contributed by atoms with van der Waals surface area (Å²) in [7, 11) is 0. The van der Waals surface area contributed by atoms with Crippen molar-refractivity contribution in [1.29, 1.82) is 0 Å². The predicted octanol–water partition coefficient (Wildman–Crippen LogP) is 0.822. The Labute approximate surface area is 138 Å². The molecule has 0 saturated heterocycles. The number of hydrogen-bond donors (Lipinski definition) is 1. The summed E-state index contributed by atoms with van der Waals surface area (Å²) in [6, 6.07) is 13.5. The molecule has 1 heterocycles. The topological polar surface area (TPSA) is 46.3 Å². The normalized spacial score (nSPS) is 12.2. The van der Waals surface area contributed by atoms with Crippen LogP contribution in [0.4, 0.5) is 11.4 Å².